The number of hydrogen-bond acceptors (Lipinski definition) is 5. The molecular weight excluding hydrogens is 356 g/mol. The number of carbonyl (C=O) groups is 2. The number of aryl methyl sites for hydroxylation is 1. The molecule has 1 aliphatic rings. The highest BCUT2D eigenvalue weighted by atomic mass is 32.2. The third-order valence-corrected chi connectivity index (χ3v) is 5.31. The second-order valence-corrected chi connectivity index (χ2v) is 7.45. The van der Waals surface area contributed by atoms with Crippen molar-refractivity contribution in [1.82, 2.24) is 0 Å². The van der Waals surface area contributed by atoms with Crippen molar-refractivity contribution in [2.75, 3.05) is 16.6 Å². The molecule has 136 valence electrons. The Morgan fingerprint density at radius 1 is 1.15 bits per heavy atom. The van der Waals surface area contributed by atoms with Gasteiger partial charge >= 0.3 is 5.97 Å². The molecule has 0 unspecified atom stereocenters. The number of rotatable bonds is 5. The van der Waals surface area contributed by atoms with Crippen molar-refractivity contribution in [3.8, 4) is 0 Å². The van der Waals surface area contributed by atoms with Crippen LogP contribution in [-0.2, 0) is 26.0 Å². The minimum Gasteiger partial charge on any atom is -0.462 e. The van der Waals surface area contributed by atoms with Gasteiger partial charge in [0.2, 0.25) is 5.91 Å². The summed E-state index contributed by atoms with van der Waals surface area (Å²) in [5.74, 6) is -0.536. The van der Waals surface area contributed by atoms with Crippen molar-refractivity contribution in [1.29, 1.82) is 0 Å². The standard InChI is InChI=1S/C18H18N2O5S/c1-2-25-18(22)12-3-6-14(7-4-12)20-26(23,24)15-8-9-16-13(11-15)5-10-17(21)19-16/h3-4,6-9,11,20H,2,5,10H2,1H3,(H,19,21). The summed E-state index contributed by atoms with van der Waals surface area (Å²) in [4.78, 5) is 23.1. The highest BCUT2D eigenvalue weighted by Gasteiger charge is 2.20. The molecule has 0 saturated heterocycles. The minimum absolute atomic E-state index is 0.0760. The van der Waals surface area contributed by atoms with Crippen molar-refractivity contribution in [2.24, 2.45) is 0 Å². The Labute approximate surface area is 151 Å². The van der Waals surface area contributed by atoms with Crippen LogP contribution in [0.25, 0.3) is 0 Å². The minimum atomic E-state index is -3.78. The molecule has 0 aromatic heterocycles. The van der Waals surface area contributed by atoms with Crippen LogP contribution in [0.3, 0.4) is 0 Å². The fraction of sp³-hybridized carbons (Fsp3) is 0.222. The zero-order chi connectivity index (χ0) is 18.7. The summed E-state index contributed by atoms with van der Waals surface area (Å²) in [6, 6.07) is 10.6. The molecule has 1 aliphatic heterocycles. The molecule has 0 radical (unpaired) electrons. The number of amides is 1. The van der Waals surface area contributed by atoms with Gasteiger partial charge < -0.3 is 10.1 Å². The zero-order valence-electron chi connectivity index (χ0n) is 14.1. The number of fused-ring (bicyclic) bond motifs is 1. The number of sulfonamides is 1. The van der Waals surface area contributed by atoms with Crippen LogP contribution in [0.4, 0.5) is 11.4 Å². The van der Waals surface area contributed by atoms with Crippen LogP contribution in [0.5, 0.6) is 0 Å². The molecule has 0 bridgehead atoms. The van der Waals surface area contributed by atoms with Gasteiger partial charge in [-0.25, -0.2) is 13.2 Å². The van der Waals surface area contributed by atoms with Gasteiger partial charge in [0.25, 0.3) is 10.0 Å². The molecule has 0 spiro atoms. The van der Waals surface area contributed by atoms with E-state index in [1.165, 1.54) is 30.3 Å². The Morgan fingerprint density at radius 2 is 1.88 bits per heavy atom. The summed E-state index contributed by atoms with van der Waals surface area (Å²) in [6.07, 6.45) is 0.831. The SMILES string of the molecule is CCOC(=O)c1ccc(NS(=O)(=O)c2ccc3c(c2)CCC(=O)N3)cc1. The number of carbonyl (C=O) groups excluding carboxylic acids is 2. The van der Waals surface area contributed by atoms with E-state index in [-0.39, 0.29) is 17.4 Å². The van der Waals surface area contributed by atoms with E-state index < -0.39 is 16.0 Å². The maximum Gasteiger partial charge on any atom is 0.338 e. The first-order valence-electron chi connectivity index (χ1n) is 8.12. The predicted molar refractivity (Wildman–Crippen MR) is 96.6 cm³/mol. The summed E-state index contributed by atoms with van der Waals surface area (Å²) < 4.78 is 32.5. The Kier molecular flexibility index (Phi) is 4.94. The quantitative estimate of drug-likeness (QED) is 0.783. The van der Waals surface area contributed by atoms with Crippen molar-refractivity contribution in [3.05, 3.63) is 53.6 Å². The number of esters is 1. The number of nitrogens with one attached hydrogen (secondary N) is 2. The monoisotopic (exact) mass is 374 g/mol. The van der Waals surface area contributed by atoms with Crippen LogP contribution in [0.15, 0.2) is 47.4 Å². The van der Waals surface area contributed by atoms with Crippen LogP contribution in [0, 0.1) is 0 Å². The van der Waals surface area contributed by atoms with Crippen LogP contribution in [-0.4, -0.2) is 26.9 Å². The second kappa shape index (κ2) is 7.17. The van der Waals surface area contributed by atoms with Gasteiger partial charge in [0.1, 0.15) is 0 Å². The third kappa shape index (κ3) is 3.85. The van der Waals surface area contributed by atoms with Gasteiger partial charge in [0, 0.05) is 17.8 Å². The topological polar surface area (TPSA) is 102 Å². The predicted octanol–water partition coefficient (Wildman–Crippen LogP) is 2.55. The van der Waals surface area contributed by atoms with E-state index in [0.717, 1.165) is 5.56 Å². The Hall–Kier alpha value is -2.87. The van der Waals surface area contributed by atoms with E-state index in [9.17, 15) is 18.0 Å². The van der Waals surface area contributed by atoms with Gasteiger partial charge in [-0.2, -0.15) is 0 Å². The van der Waals surface area contributed by atoms with Gasteiger partial charge in [-0.1, -0.05) is 0 Å². The number of anilines is 2. The van der Waals surface area contributed by atoms with Gasteiger partial charge in [0.15, 0.2) is 0 Å². The van der Waals surface area contributed by atoms with Crippen LogP contribution in [0.2, 0.25) is 0 Å². The molecule has 0 fully saturated rings. The summed E-state index contributed by atoms with van der Waals surface area (Å²) in [6.45, 7) is 1.98. The lowest BCUT2D eigenvalue weighted by atomic mass is 10.0. The lowest BCUT2D eigenvalue weighted by Crippen LogP contribution is -2.20. The molecule has 8 heteroatoms. The van der Waals surface area contributed by atoms with Crippen molar-refractivity contribution in [3.63, 3.8) is 0 Å². The zero-order valence-corrected chi connectivity index (χ0v) is 14.9. The van der Waals surface area contributed by atoms with E-state index in [1.807, 2.05) is 0 Å². The molecule has 26 heavy (non-hydrogen) atoms. The smallest absolute Gasteiger partial charge is 0.338 e. The fourth-order valence-electron chi connectivity index (χ4n) is 2.63. The normalized spacial score (nSPS) is 13.5. The molecule has 3 rings (SSSR count). The molecule has 0 saturated carbocycles. The maximum absolute atomic E-state index is 12.6. The number of hydrogen-bond donors (Lipinski definition) is 2. The molecule has 2 N–H and O–H groups in total. The van der Waals surface area contributed by atoms with Gasteiger partial charge in [-0.05, 0) is 61.4 Å². The first kappa shape index (κ1) is 17.9. The van der Waals surface area contributed by atoms with Crippen LogP contribution in [0.1, 0.15) is 29.3 Å². The summed E-state index contributed by atoms with van der Waals surface area (Å²) in [7, 11) is -3.78. The van der Waals surface area contributed by atoms with Crippen LogP contribution < -0.4 is 10.0 Å². The van der Waals surface area contributed by atoms with Crippen LogP contribution >= 0.6 is 0 Å². The summed E-state index contributed by atoms with van der Waals surface area (Å²) >= 11 is 0. The first-order valence-corrected chi connectivity index (χ1v) is 9.60. The molecule has 1 amide bonds. The second-order valence-electron chi connectivity index (χ2n) is 5.77. The Balaban J connectivity index is 1.79. The highest BCUT2D eigenvalue weighted by Crippen LogP contribution is 2.26. The maximum atomic E-state index is 12.6. The van der Waals surface area contributed by atoms with Crippen molar-refractivity contribution in [2.45, 2.75) is 24.7 Å². The van der Waals surface area contributed by atoms with E-state index in [2.05, 4.69) is 10.0 Å². The molecule has 2 aromatic carbocycles. The molecule has 2 aromatic rings. The average molecular weight is 374 g/mol. The number of ether oxygens (including phenoxy) is 1. The van der Waals surface area contributed by atoms with E-state index in [4.69, 9.17) is 4.74 Å². The average Bonchev–Trinajstić information content (AvgIpc) is 2.61. The Morgan fingerprint density at radius 3 is 2.58 bits per heavy atom. The molecule has 0 aliphatic carbocycles. The Bertz CT molecular complexity index is 952. The fourth-order valence-corrected chi connectivity index (χ4v) is 3.74. The molecule has 0 atom stereocenters. The number of benzene rings is 2. The summed E-state index contributed by atoms with van der Waals surface area (Å²) in [5.41, 5.74) is 2.10. The van der Waals surface area contributed by atoms with Gasteiger partial charge in [0.05, 0.1) is 17.1 Å². The highest BCUT2D eigenvalue weighted by molar-refractivity contribution is 7.92. The first-order chi connectivity index (χ1) is 12.4. The van der Waals surface area contributed by atoms with Gasteiger partial charge in [-0.3, -0.25) is 9.52 Å². The molecule has 1 heterocycles. The largest absolute Gasteiger partial charge is 0.462 e. The molecule has 7 nitrogen and oxygen atoms in total. The molecular formula is C18H18N2O5S. The summed E-state index contributed by atoms with van der Waals surface area (Å²) in [5, 5.41) is 2.72. The lowest BCUT2D eigenvalue weighted by Gasteiger charge is -2.18. The van der Waals surface area contributed by atoms with Gasteiger partial charge in [-0.15, -0.1) is 0 Å². The van der Waals surface area contributed by atoms with Crippen molar-refractivity contribution >= 4 is 33.3 Å². The van der Waals surface area contributed by atoms with E-state index in [0.29, 0.717) is 29.8 Å². The van der Waals surface area contributed by atoms with Crippen molar-refractivity contribution < 1.29 is 22.7 Å². The van der Waals surface area contributed by atoms with E-state index in [1.54, 1.807) is 19.1 Å². The lowest BCUT2D eigenvalue weighted by molar-refractivity contribution is -0.116. The third-order valence-electron chi connectivity index (χ3n) is 3.93. The van der Waals surface area contributed by atoms with E-state index >= 15 is 0 Å².